The molecule has 2 rings (SSSR count). The first-order valence-electron chi connectivity index (χ1n) is 7.28. The van der Waals surface area contributed by atoms with E-state index in [1.54, 1.807) is 6.92 Å². The molecule has 3 nitrogen and oxygen atoms in total. The van der Waals surface area contributed by atoms with Crippen LogP contribution in [0.5, 0.6) is 0 Å². The van der Waals surface area contributed by atoms with Crippen molar-refractivity contribution < 1.29 is 9.90 Å². The van der Waals surface area contributed by atoms with Gasteiger partial charge in [0.1, 0.15) is 5.76 Å². The molecule has 0 atom stereocenters. The number of ketones is 1. The Balaban J connectivity index is 2.38. The molecular weight excluding hydrogens is 262 g/mol. The fourth-order valence-electron chi connectivity index (χ4n) is 2.74. The first-order chi connectivity index (χ1) is 9.69. The summed E-state index contributed by atoms with van der Waals surface area (Å²) >= 11 is 0. The third kappa shape index (κ3) is 3.41. The Labute approximate surface area is 126 Å². The lowest BCUT2D eigenvalue weighted by molar-refractivity contribution is -0.117. The molecule has 1 N–H and O–H groups in total. The lowest BCUT2D eigenvalue weighted by Crippen LogP contribution is -2.28. The molecule has 0 aromatic heterocycles. The molecule has 0 unspecified atom stereocenters. The zero-order valence-corrected chi connectivity index (χ0v) is 13.4. The summed E-state index contributed by atoms with van der Waals surface area (Å²) in [7, 11) is 0. The fraction of sp³-hybridized carbons (Fsp3) is 0.444. The minimum absolute atomic E-state index is 0.0196. The van der Waals surface area contributed by atoms with Gasteiger partial charge in [-0.05, 0) is 49.4 Å². The van der Waals surface area contributed by atoms with E-state index in [1.807, 2.05) is 39.0 Å². The summed E-state index contributed by atoms with van der Waals surface area (Å²) in [6.45, 7) is 9.86. The molecule has 0 spiro atoms. The summed E-state index contributed by atoms with van der Waals surface area (Å²) < 4.78 is 0. The smallest absolute Gasteiger partial charge is 0.168 e. The highest BCUT2D eigenvalue weighted by Gasteiger charge is 2.33. The Morgan fingerprint density at radius 2 is 1.86 bits per heavy atom. The first-order valence-corrected chi connectivity index (χ1v) is 7.28. The monoisotopic (exact) mass is 285 g/mol. The number of rotatable bonds is 2. The van der Waals surface area contributed by atoms with Crippen LogP contribution < -0.4 is 0 Å². The van der Waals surface area contributed by atoms with E-state index >= 15 is 0 Å². The molecule has 0 saturated heterocycles. The van der Waals surface area contributed by atoms with Crippen LogP contribution in [0.4, 0.5) is 5.69 Å². The number of aliphatic hydroxyl groups is 1. The SMILES string of the molecule is CC(=Nc1ccc(C)c(C)c1)C1=C(O)CC(C)(C)CC1=O. The quantitative estimate of drug-likeness (QED) is 0.807. The van der Waals surface area contributed by atoms with Crippen LogP contribution in [0, 0.1) is 19.3 Å². The lowest BCUT2D eigenvalue weighted by atomic mass is 9.76. The highest BCUT2D eigenvalue weighted by atomic mass is 16.3. The number of aliphatic imine (C=N–C) groups is 1. The second-order valence-electron chi connectivity index (χ2n) is 6.73. The zero-order valence-electron chi connectivity index (χ0n) is 13.4. The minimum Gasteiger partial charge on any atom is -0.511 e. The highest BCUT2D eigenvalue weighted by Crippen LogP contribution is 2.36. The number of carbonyl (C=O) groups excluding carboxylic acids is 1. The maximum absolute atomic E-state index is 12.3. The van der Waals surface area contributed by atoms with E-state index in [0.29, 0.717) is 24.1 Å². The van der Waals surface area contributed by atoms with Crippen LogP contribution in [0.3, 0.4) is 0 Å². The van der Waals surface area contributed by atoms with E-state index in [0.717, 1.165) is 5.69 Å². The van der Waals surface area contributed by atoms with Gasteiger partial charge in [0.05, 0.1) is 17.0 Å². The molecular formula is C18H23NO2. The molecule has 1 aliphatic rings. The second kappa shape index (κ2) is 5.47. The molecule has 1 aromatic carbocycles. The predicted molar refractivity (Wildman–Crippen MR) is 86.4 cm³/mol. The number of aliphatic hydroxyl groups excluding tert-OH is 1. The number of allylic oxidation sites excluding steroid dienone is 2. The molecule has 0 radical (unpaired) electrons. The molecule has 1 aliphatic carbocycles. The third-order valence-electron chi connectivity index (χ3n) is 4.00. The van der Waals surface area contributed by atoms with Crippen molar-refractivity contribution in [3.63, 3.8) is 0 Å². The number of hydrogen-bond acceptors (Lipinski definition) is 3. The molecule has 112 valence electrons. The van der Waals surface area contributed by atoms with E-state index in [1.165, 1.54) is 11.1 Å². The van der Waals surface area contributed by atoms with Crippen molar-refractivity contribution in [2.75, 3.05) is 0 Å². The second-order valence-corrected chi connectivity index (χ2v) is 6.73. The van der Waals surface area contributed by atoms with Gasteiger partial charge in [-0.25, -0.2) is 0 Å². The maximum atomic E-state index is 12.3. The van der Waals surface area contributed by atoms with E-state index in [9.17, 15) is 9.90 Å². The van der Waals surface area contributed by atoms with E-state index in [-0.39, 0.29) is 17.0 Å². The van der Waals surface area contributed by atoms with Crippen LogP contribution in [0.25, 0.3) is 0 Å². The number of hydrogen-bond donors (Lipinski definition) is 1. The van der Waals surface area contributed by atoms with Gasteiger partial charge in [-0.2, -0.15) is 0 Å². The minimum atomic E-state index is -0.175. The summed E-state index contributed by atoms with van der Waals surface area (Å²) in [5, 5.41) is 10.2. The van der Waals surface area contributed by atoms with Crippen molar-refractivity contribution in [2.24, 2.45) is 10.4 Å². The Kier molecular flexibility index (Phi) is 4.04. The van der Waals surface area contributed by atoms with Crippen LogP contribution in [0.1, 0.15) is 44.7 Å². The Morgan fingerprint density at radius 3 is 2.43 bits per heavy atom. The van der Waals surface area contributed by atoms with Gasteiger partial charge in [0.25, 0.3) is 0 Å². The van der Waals surface area contributed by atoms with Crippen LogP contribution >= 0.6 is 0 Å². The maximum Gasteiger partial charge on any atom is 0.168 e. The highest BCUT2D eigenvalue weighted by molar-refractivity contribution is 6.23. The first kappa shape index (κ1) is 15.5. The Bertz CT molecular complexity index is 651. The zero-order chi connectivity index (χ0) is 15.8. The van der Waals surface area contributed by atoms with Crippen LogP contribution in [0.15, 0.2) is 34.5 Å². The standard InChI is InChI=1S/C18H23NO2/c1-11-6-7-14(8-12(11)2)19-13(3)17-15(20)9-18(4,5)10-16(17)21/h6-8,20H,9-10H2,1-5H3. The van der Waals surface area contributed by atoms with E-state index in [2.05, 4.69) is 11.9 Å². The van der Waals surface area contributed by atoms with Crippen molar-refractivity contribution >= 4 is 17.2 Å². The summed E-state index contributed by atoms with van der Waals surface area (Å²) in [6.07, 6.45) is 0.972. The van der Waals surface area contributed by atoms with Crippen molar-refractivity contribution in [2.45, 2.75) is 47.5 Å². The topological polar surface area (TPSA) is 49.7 Å². The van der Waals surface area contributed by atoms with Crippen LogP contribution in [0.2, 0.25) is 0 Å². The van der Waals surface area contributed by atoms with Crippen molar-refractivity contribution in [1.29, 1.82) is 0 Å². The van der Waals surface area contributed by atoms with Crippen molar-refractivity contribution in [1.82, 2.24) is 0 Å². The number of Topliss-reactive ketones (excluding diaryl/α,β-unsaturated/α-hetero) is 1. The third-order valence-corrected chi connectivity index (χ3v) is 4.00. The van der Waals surface area contributed by atoms with Crippen molar-refractivity contribution in [3.05, 3.63) is 40.7 Å². The Morgan fingerprint density at radius 1 is 1.19 bits per heavy atom. The molecule has 0 aliphatic heterocycles. The number of benzene rings is 1. The average Bonchev–Trinajstić information content (AvgIpc) is 2.31. The van der Waals surface area contributed by atoms with Crippen LogP contribution in [-0.4, -0.2) is 16.6 Å². The normalized spacial score (nSPS) is 19.1. The van der Waals surface area contributed by atoms with E-state index < -0.39 is 0 Å². The number of nitrogens with zero attached hydrogens (tertiary/aromatic N) is 1. The lowest BCUT2D eigenvalue weighted by Gasteiger charge is -2.29. The molecule has 21 heavy (non-hydrogen) atoms. The number of carbonyl (C=O) groups is 1. The van der Waals surface area contributed by atoms with Gasteiger partial charge in [-0.3, -0.25) is 9.79 Å². The summed E-state index contributed by atoms with van der Waals surface area (Å²) in [5.74, 6) is 0.148. The van der Waals surface area contributed by atoms with E-state index in [4.69, 9.17) is 0 Å². The molecule has 0 bridgehead atoms. The van der Waals surface area contributed by atoms with Gasteiger partial charge < -0.3 is 5.11 Å². The fourth-order valence-corrected chi connectivity index (χ4v) is 2.74. The van der Waals surface area contributed by atoms with Crippen LogP contribution in [-0.2, 0) is 4.79 Å². The van der Waals surface area contributed by atoms with Gasteiger partial charge in [0.15, 0.2) is 5.78 Å². The van der Waals surface area contributed by atoms with Gasteiger partial charge in [-0.15, -0.1) is 0 Å². The Hall–Kier alpha value is -1.90. The van der Waals surface area contributed by atoms with Gasteiger partial charge in [-0.1, -0.05) is 19.9 Å². The summed E-state index contributed by atoms with van der Waals surface area (Å²) in [6, 6.07) is 5.94. The summed E-state index contributed by atoms with van der Waals surface area (Å²) in [5.41, 5.74) is 4.01. The molecule has 0 saturated carbocycles. The average molecular weight is 285 g/mol. The molecule has 1 aromatic rings. The molecule has 0 heterocycles. The number of aryl methyl sites for hydroxylation is 2. The predicted octanol–water partition coefficient (Wildman–Crippen LogP) is 4.60. The summed E-state index contributed by atoms with van der Waals surface area (Å²) in [4.78, 5) is 16.8. The molecule has 3 heteroatoms. The molecule has 0 fully saturated rings. The largest absolute Gasteiger partial charge is 0.511 e. The van der Waals surface area contributed by atoms with Gasteiger partial charge in [0.2, 0.25) is 0 Å². The van der Waals surface area contributed by atoms with Gasteiger partial charge >= 0.3 is 0 Å². The molecule has 0 amide bonds. The van der Waals surface area contributed by atoms with Gasteiger partial charge in [0, 0.05) is 12.8 Å². The van der Waals surface area contributed by atoms with Crippen molar-refractivity contribution in [3.8, 4) is 0 Å².